The number of aromatic nitrogens is 3. The Balaban J connectivity index is 1.34. The number of para-hydroxylation sites is 1. The van der Waals surface area contributed by atoms with E-state index < -0.39 is 0 Å². The van der Waals surface area contributed by atoms with Gasteiger partial charge in [-0.1, -0.05) is 31.0 Å². The molecule has 4 heterocycles. The van der Waals surface area contributed by atoms with Gasteiger partial charge in [0.15, 0.2) is 5.65 Å². The Bertz CT molecular complexity index is 1020. The van der Waals surface area contributed by atoms with E-state index in [1.807, 2.05) is 6.20 Å². The number of piperidine rings is 2. The summed E-state index contributed by atoms with van der Waals surface area (Å²) in [5.74, 6) is 0.585. The molecule has 0 N–H and O–H groups in total. The lowest BCUT2D eigenvalue weighted by molar-refractivity contribution is 0.141. The number of nitrogens with zero attached hydrogens (tertiary/aromatic N) is 5. The highest BCUT2D eigenvalue weighted by molar-refractivity contribution is 5.93. The molecular formula is C26H33N5. The van der Waals surface area contributed by atoms with Gasteiger partial charge in [-0.2, -0.15) is 5.10 Å². The van der Waals surface area contributed by atoms with Gasteiger partial charge in [0.05, 0.1) is 22.5 Å². The maximum absolute atomic E-state index is 5.14. The van der Waals surface area contributed by atoms with Gasteiger partial charge in [0.25, 0.3) is 0 Å². The molecule has 2 saturated heterocycles. The maximum Gasteiger partial charge on any atom is 0.165 e. The molecule has 31 heavy (non-hydrogen) atoms. The molecular weight excluding hydrogens is 382 g/mol. The minimum atomic E-state index is 0.585. The summed E-state index contributed by atoms with van der Waals surface area (Å²) in [5, 5.41) is 6.44. The van der Waals surface area contributed by atoms with Crippen molar-refractivity contribution in [3.63, 3.8) is 0 Å². The van der Waals surface area contributed by atoms with Crippen LogP contribution in [0.3, 0.4) is 0 Å². The molecule has 2 aromatic heterocycles. The van der Waals surface area contributed by atoms with Gasteiger partial charge in [0.1, 0.15) is 0 Å². The van der Waals surface area contributed by atoms with E-state index in [9.17, 15) is 0 Å². The lowest BCUT2D eigenvalue weighted by Crippen LogP contribution is -2.46. The Hall–Kier alpha value is -2.40. The second-order valence-electron chi connectivity index (χ2n) is 9.60. The second-order valence-corrected chi connectivity index (χ2v) is 9.60. The van der Waals surface area contributed by atoms with E-state index in [4.69, 9.17) is 10.1 Å². The SMILES string of the molecule is c1ccc(-n2nc(C3CCC3)c3c(N4CCC(N5CCCCC5)CC4)ccnc32)cc1. The number of hydrogen-bond acceptors (Lipinski definition) is 4. The van der Waals surface area contributed by atoms with Crippen LogP contribution in [0.15, 0.2) is 42.6 Å². The maximum atomic E-state index is 5.14. The molecule has 6 rings (SSSR count). The molecule has 0 radical (unpaired) electrons. The zero-order valence-electron chi connectivity index (χ0n) is 18.4. The van der Waals surface area contributed by atoms with Crippen LogP contribution in [0.1, 0.15) is 63.0 Å². The number of benzene rings is 1. The van der Waals surface area contributed by atoms with Gasteiger partial charge in [-0.25, -0.2) is 9.67 Å². The van der Waals surface area contributed by atoms with Crippen LogP contribution in [0.2, 0.25) is 0 Å². The Morgan fingerprint density at radius 3 is 2.26 bits per heavy atom. The molecule has 5 heteroatoms. The van der Waals surface area contributed by atoms with Crippen LogP contribution < -0.4 is 4.90 Å². The molecule has 3 fully saturated rings. The van der Waals surface area contributed by atoms with Crippen LogP contribution in [0.5, 0.6) is 0 Å². The topological polar surface area (TPSA) is 37.2 Å². The molecule has 0 unspecified atom stereocenters. The van der Waals surface area contributed by atoms with E-state index in [-0.39, 0.29) is 0 Å². The number of likely N-dealkylation sites (tertiary alicyclic amines) is 1. The number of fused-ring (bicyclic) bond motifs is 1. The second kappa shape index (κ2) is 8.27. The van der Waals surface area contributed by atoms with Crippen LogP contribution in [0.25, 0.3) is 16.7 Å². The third-order valence-electron chi connectivity index (χ3n) is 7.78. The fourth-order valence-electron chi connectivity index (χ4n) is 5.79. The normalized spacial score (nSPS) is 21.5. The Kier molecular flexibility index (Phi) is 5.15. The highest BCUT2D eigenvalue weighted by Gasteiger charge is 2.31. The third-order valence-corrected chi connectivity index (χ3v) is 7.78. The Labute approximate surface area is 185 Å². The third kappa shape index (κ3) is 3.53. The van der Waals surface area contributed by atoms with Crippen molar-refractivity contribution in [2.75, 3.05) is 31.1 Å². The molecule has 2 aliphatic heterocycles. The summed E-state index contributed by atoms with van der Waals surface area (Å²) in [6, 6.07) is 13.5. The summed E-state index contributed by atoms with van der Waals surface area (Å²) in [4.78, 5) is 10.2. The highest BCUT2D eigenvalue weighted by Crippen LogP contribution is 2.42. The molecule has 0 spiro atoms. The molecule has 0 bridgehead atoms. The summed E-state index contributed by atoms with van der Waals surface area (Å²) in [7, 11) is 0. The average molecular weight is 416 g/mol. The van der Waals surface area contributed by atoms with Gasteiger partial charge >= 0.3 is 0 Å². The molecule has 1 aliphatic carbocycles. The lowest BCUT2D eigenvalue weighted by Gasteiger charge is -2.41. The van der Waals surface area contributed by atoms with E-state index in [0.717, 1.165) is 30.5 Å². The van der Waals surface area contributed by atoms with Crippen molar-refractivity contribution in [3.05, 3.63) is 48.3 Å². The quantitative estimate of drug-likeness (QED) is 0.591. The first-order valence-electron chi connectivity index (χ1n) is 12.3. The van der Waals surface area contributed by atoms with E-state index in [1.165, 1.54) is 81.2 Å². The zero-order chi connectivity index (χ0) is 20.6. The predicted octanol–water partition coefficient (Wildman–Crippen LogP) is 5.14. The van der Waals surface area contributed by atoms with Crippen molar-refractivity contribution >= 4 is 16.7 Å². The summed E-state index contributed by atoms with van der Waals surface area (Å²) >= 11 is 0. The lowest BCUT2D eigenvalue weighted by atomic mass is 9.82. The zero-order valence-corrected chi connectivity index (χ0v) is 18.4. The first-order valence-corrected chi connectivity index (χ1v) is 12.3. The average Bonchev–Trinajstić information content (AvgIpc) is 3.19. The monoisotopic (exact) mass is 415 g/mol. The highest BCUT2D eigenvalue weighted by atomic mass is 15.3. The van der Waals surface area contributed by atoms with Crippen LogP contribution in [0, 0.1) is 0 Å². The molecule has 0 atom stereocenters. The fraction of sp³-hybridized carbons (Fsp3) is 0.538. The van der Waals surface area contributed by atoms with E-state index >= 15 is 0 Å². The molecule has 1 saturated carbocycles. The van der Waals surface area contributed by atoms with Gasteiger partial charge in [-0.05, 0) is 69.8 Å². The first kappa shape index (κ1) is 19.3. The number of hydrogen-bond donors (Lipinski definition) is 0. The van der Waals surface area contributed by atoms with Gasteiger partial charge in [-0.3, -0.25) is 0 Å². The fourth-order valence-corrected chi connectivity index (χ4v) is 5.79. The van der Waals surface area contributed by atoms with Crippen molar-refractivity contribution in [1.82, 2.24) is 19.7 Å². The van der Waals surface area contributed by atoms with Crippen LogP contribution in [-0.2, 0) is 0 Å². The summed E-state index contributed by atoms with van der Waals surface area (Å²) < 4.78 is 2.08. The van der Waals surface area contributed by atoms with Gasteiger partial charge in [0, 0.05) is 31.2 Å². The molecule has 5 nitrogen and oxygen atoms in total. The van der Waals surface area contributed by atoms with E-state index in [2.05, 4.69) is 50.9 Å². The summed E-state index contributed by atoms with van der Waals surface area (Å²) in [6.45, 7) is 4.89. The Morgan fingerprint density at radius 2 is 1.55 bits per heavy atom. The minimum absolute atomic E-state index is 0.585. The van der Waals surface area contributed by atoms with Crippen molar-refractivity contribution in [2.24, 2.45) is 0 Å². The van der Waals surface area contributed by atoms with Gasteiger partial charge < -0.3 is 9.80 Å². The summed E-state index contributed by atoms with van der Waals surface area (Å²) in [6.07, 6.45) is 12.5. The predicted molar refractivity (Wildman–Crippen MR) is 126 cm³/mol. The standard InChI is InChI=1S/C26H33N5/c1-3-10-22(11-4-1)31-26-24(25(28-31)20-8-7-9-20)23(12-15-27-26)30-18-13-21(14-19-30)29-16-5-2-6-17-29/h1,3-4,10-12,15,20-21H,2,5-9,13-14,16-19H2. The van der Waals surface area contributed by atoms with Gasteiger partial charge in [-0.15, -0.1) is 0 Å². The molecule has 162 valence electrons. The number of anilines is 1. The van der Waals surface area contributed by atoms with E-state index in [0.29, 0.717) is 5.92 Å². The first-order chi connectivity index (χ1) is 15.4. The van der Waals surface area contributed by atoms with Crippen molar-refractivity contribution in [1.29, 1.82) is 0 Å². The van der Waals surface area contributed by atoms with Gasteiger partial charge in [0.2, 0.25) is 0 Å². The molecule has 3 aromatic rings. The Morgan fingerprint density at radius 1 is 0.774 bits per heavy atom. The van der Waals surface area contributed by atoms with Crippen molar-refractivity contribution < 1.29 is 0 Å². The summed E-state index contributed by atoms with van der Waals surface area (Å²) in [5.41, 5.74) is 4.74. The van der Waals surface area contributed by atoms with E-state index in [1.54, 1.807) is 0 Å². The van der Waals surface area contributed by atoms with Crippen molar-refractivity contribution in [2.45, 2.75) is 63.3 Å². The number of rotatable bonds is 4. The van der Waals surface area contributed by atoms with Crippen molar-refractivity contribution in [3.8, 4) is 5.69 Å². The smallest absolute Gasteiger partial charge is 0.165 e. The van der Waals surface area contributed by atoms with Crippen LogP contribution in [0.4, 0.5) is 5.69 Å². The van der Waals surface area contributed by atoms with Crippen LogP contribution >= 0.6 is 0 Å². The molecule has 0 amide bonds. The molecule has 1 aromatic carbocycles. The van der Waals surface area contributed by atoms with Crippen LogP contribution in [-0.4, -0.2) is 51.9 Å². The number of pyridine rings is 1. The largest absolute Gasteiger partial charge is 0.371 e. The molecule has 3 aliphatic rings. The minimum Gasteiger partial charge on any atom is -0.371 e.